The Hall–Kier alpha value is -2.83. The fourth-order valence-corrected chi connectivity index (χ4v) is 4.20. The zero-order chi connectivity index (χ0) is 19.9. The van der Waals surface area contributed by atoms with E-state index in [4.69, 9.17) is 11.6 Å². The number of carbonyl (C=O) groups is 1. The average molecular weight is 398 g/mol. The van der Waals surface area contributed by atoms with E-state index in [0.717, 1.165) is 5.56 Å². The van der Waals surface area contributed by atoms with Crippen molar-refractivity contribution in [3.8, 4) is 0 Å². The van der Waals surface area contributed by atoms with E-state index in [1.54, 1.807) is 43.3 Å². The van der Waals surface area contributed by atoms with E-state index in [1.165, 1.54) is 0 Å². The van der Waals surface area contributed by atoms with E-state index >= 15 is 0 Å². The van der Waals surface area contributed by atoms with Crippen molar-refractivity contribution < 1.29 is 9.90 Å². The van der Waals surface area contributed by atoms with Crippen molar-refractivity contribution in [2.45, 2.75) is 24.9 Å². The summed E-state index contributed by atoms with van der Waals surface area (Å²) in [5.41, 5.74) is 0.806. The summed E-state index contributed by atoms with van der Waals surface area (Å²) in [6, 6.07) is 16.1. The van der Waals surface area contributed by atoms with Crippen LogP contribution in [0.1, 0.15) is 29.7 Å². The minimum Gasteiger partial charge on any atom is -0.389 e. The van der Waals surface area contributed by atoms with Crippen LogP contribution in [-0.4, -0.2) is 26.8 Å². The third kappa shape index (κ3) is 3.25. The quantitative estimate of drug-likeness (QED) is 0.546. The molecule has 1 heterocycles. The summed E-state index contributed by atoms with van der Waals surface area (Å²) in [7, 11) is 0. The first-order valence-electron chi connectivity index (χ1n) is 9.00. The van der Waals surface area contributed by atoms with Crippen molar-refractivity contribution in [1.29, 1.82) is 0 Å². The van der Waals surface area contributed by atoms with Crippen LogP contribution in [0.3, 0.4) is 0 Å². The summed E-state index contributed by atoms with van der Waals surface area (Å²) in [5.74, 6) is -1.82. The van der Waals surface area contributed by atoms with Crippen LogP contribution < -0.4 is 10.9 Å². The van der Waals surface area contributed by atoms with Crippen molar-refractivity contribution >= 4 is 23.2 Å². The van der Waals surface area contributed by atoms with Crippen molar-refractivity contribution in [2.24, 2.45) is 5.92 Å². The normalized spacial score (nSPS) is 23.8. The summed E-state index contributed by atoms with van der Waals surface area (Å²) >= 11 is 6.02. The highest BCUT2D eigenvalue weighted by molar-refractivity contribution is 6.30. The molecule has 1 aromatic heterocycles. The van der Waals surface area contributed by atoms with Gasteiger partial charge < -0.3 is 15.5 Å². The number of aliphatic hydroxyl groups is 1. The number of hydrogen-bond acceptors (Lipinski definition) is 3. The number of aromatic nitrogens is 2. The fourth-order valence-electron chi connectivity index (χ4n) is 4.07. The van der Waals surface area contributed by atoms with Gasteiger partial charge in [0.25, 0.3) is 5.56 Å². The molecule has 28 heavy (non-hydrogen) atoms. The number of halogens is 1. The molecule has 144 valence electrons. The first-order valence-corrected chi connectivity index (χ1v) is 9.38. The largest absolute Gasteiger partial charge is 0.389 e. The van der Waals surface area contributed by atoms with Gasteiger partial charge in [-0.25, -0.2) is 0 Å². The maximum absolute atomic E-state index is 13.3. The molecule has 0 aliphatic heterocycles. The summed E-state index contributed by atoms with van der Waals surface area (Å²) in [6.45, 7) is 1.62. The number of nitrogens with one attached hydrogen (secondary N) is 3. The summed E-state index contributed by atoms with van der Waals surface area (Å²) < 4.78 is 0. The van der Waals surface area contributed by atoms with E-state index in [1.807, 2.05) is 18.2 Å². The Morgan fingerprint density at radius 2 is 1.82 bits per heavy atom. The van der Waals surface area contributed by atoms with E-state index in [-0.39, 0.29) is 17.9 Å². The van der Waals surface area contributed by atoms with Crippen LogP contribution >= 0.6 is 11.6 Å². The number of para-hydroxylation sites is 1. The minimum absolute atomic E-state index is 0.165. The van der Waals surface area contributed by atoms with Gasteiger partial charge in [0.2, 0.25) is 5.91 Å². The molecular weight excluding hydrogens is 378 g/mol. The first kappa shape index (κ1) is 18.5. The van der Waals surface area contributed by atoms with Crippen LogP contribution in [-0.2, 0) is 11.2 Å². The number of hydrogen-bond donors (Lipinski definition) is 4. The molecule has 0 saturated carbocycles. The second kappa shape index (κ2) is 6.96. The summed E-state index contributed by atoms with van der Waals surface area (Å²) in [6.07, 6.45) is 0.165. The van der Waals surface area contributed by atoms with Crippen LogP contribution in [0.5, 0.6) is 0 Å². The molecular formula is C21H20ClN3O3. The van der Waals surface area contributed by atoms with Crippen LogP contribution in [0, 0.1) is 5.92 Å². The molecule has 3 atom stereocenters. The van der Waals surface area contributed by atoms with Gasteiger partial charge >= 0.3 is 0 Å². The van der Waals surface area contributed by atoms with Gasteiger partial charge in [0.1, 0.15) is 0 Å². The molecule has 3 aromatic rings. The van der Waals surface area contributed by atoms with Crippen molar-refractivity contribution in [1.82, 2.24) is 10.2 Å². The number of aromatic amines is 2. The number of benzene rings is 2. The van der Waals surface area contributed by atoms with Gasteiger partial charge in [-0.1, -0.05) is 41.9 Å². The molecule has 0 radical (unpaired) electrons. The molecule has 0 spiro atoms. The zero-order valence-corrected chi connectivity index (χ0v) is 16.0. The van der Waals surface area contributed by atoms with Crippen molar-refractivity contribution in [3.05, 3.63) is 86.8 Å². The molecule has 7 heteroatoms. The Morgan fingerprint density at radius 1 is 1.14 bits per heavy atom. The molecule has 0 fully saturated rings. The Kier molecular flexibility index (Phi) is 4.61. The molecule has 1 aliphatic carbocycles. The molecule has 0 bridgehead atoms. The van der Waals surface area contributed by atoms with Gasteiger partial charge in [-0.15, -0.1) is 0 Å². The predicted molar refractivity (Wildman–Crippen MR) is 108 cm³/mol. The zero-order valence-electron chi connectivity index (χ0n) is 15.2. The number of rotatable bonds is 3. The topological polar surface area (TPSA) is 98.0 Å². The van der Waals surface area contributed by atoms with Crippen molar-refractivity contribution in [3.63, 3.8) is 0 Å². The van der Waals surface area contributed by atoms with Crippen LogP contribution in [0.25, 0.3) is 0 Å². The molecule has 4 rings (SSSR count). The average Bonchev–Trinajstić information content (AvgIpc) is 3.01. The first-order chi connectivity index (χ1) is 13.4. The van der Waals surface area contributed by atoms with Gasteiger partial charge in [0.05, 0.1) is 11.5 Å². The highest BCUT2D eigenvalue weighted by Crippen LogP contribution is 2.44. The van der Waals surface area contributed by atoms with E-state index in [9.17, 15) is 14.7 Å². The molecule has 1 aliphatic rings. The van der Waals surface area contributed by atoms with Crippen molar-refractivity contribution in [2.75, 3.05) is 5.32 Å². The van der Waals surface area contributed by atoms with E-state index in [2.05, 4.69) is 15.5 Å². The maximum atomic E-state index is 13.3. The highest BCUT2D eigenvalue weighted by Gasteiger charge is 2.50. The van der Waals surface area contributed by atoms with Gasteiger partial charge in [-0.2, -0.15) is 0 Å². The Balaban J connectivity index is 1.83. The summed E-state index contributed by atoms with van der Waals surface area (Å²) in [5, 5.41) is 20.1. The lowest BCUT2D eigenvalue weighted by Crippen LogP contribution is -2.51. The lowest BCUT2D eigenvalue weighted by molar-refractivity contribution is -0.130. The van der Waals surface area contributed by atoms with Gasteiger partial charge in [-0.3, -0.25) is 14.7 Å². The van der Waals surface area contributed by atoms with Crippen LogP contribution in [0.4, 0.5) is 5.69 Å². The smallest absolute Gasteiger partial charge is 0.267 e. The highest BCUT2D eigenvalue weighted by atomic mass is 35.5. The molecule has 2 aromatic carbocycles. The van der Waals surface area contributed by atoms with E-state index in [0.29, 0.717) is 22.0 Å². The third-order valence-corrected chi connectivity index (χ3v) is 5.55. The molecule has 3 unspecified atom stereocenters. The standard InChI is InChI=1S/C21H20ClN3O3/c1-21(28)11-15-17(19(26)25-24-15)16(12-7-9-13(22)10-8-12)18(21)20(27)23-14-5-3-2-4-6-14/h2-10,16,18,28H,11H2,1H3,(H,23,27)(H2,24,25,26). The SMILES string of the molecule is CC1(O)Cc2[nH][nH]c(=O)c2C(c2ccc(Cl)cc2)C1C(=O)Nc1ccccc1. The second-order valence-electron chi connectivity index (χ2n) is 7.37. The number of anilines is 1. The Labute approximate surface area is 166 Å². The number of amides is 1. The predicted octanol–water partition coefficient (Wildman–Crippen LogP) is 3.05. The van der Waals surface area contributed by atoms with Gasteiger partial charge in [0.15, 0.2) is 0 Å². The number of carbonyl (C=O) groups excluding carboxylic acids is 1. The Morgan fingerprint density at radius 3 is 2.50 bits per heavy atom. The lowest BCUT2D eigenvalue weighted by atomic mass is 9.66. The lowest BCUT2D eigenvalue weighted by Gasteiger charge is -2.41. The number of fused-ring (bicyclic) bond motifs is 1. The van der Waals surface area contributed by atoms with Gasteiger partial charge in [-0.05, 0) is 36.8 Å². The fraction of sp³-hybridized carbons (Fsp3) is 0.238. The van der Waals surface area contributed by atoms with Crippen LogP contribution in [0.2, 0.25) is 5.02 Å². The molecule has 1 amide bonds. The van der Waals surface area contributed by atoms with E-state index < -0.39 is 17.4 Å². The molecule has 6 nitrogen and oxygen atoms in total. The maximum Gasteiger partial charge on any atom is 0.267 e. The molecule has 0 saturated heterocycles. The summed E-state index contributed by atoms with van der Waals surface area (Å²) in [4.78, 5) is 25.8. The third-order valence-electron chi connectivity index (χ3n) is 5.30. The molecule has 4 N–H and O–H groups in total. The number of H-pyrrole nitrogens is 2. The van der Waals surface area contributed by atoms with Crippen LogP contribution in [0.15, 0.2) is 59.4 Å². The second-order valence-corrected chi connectivity index (χ2v) is 7.80. The Bertz CT molecular complexity index is 1050. The monoisotopic (exact) mass is 397 g/mol. The minimum atomic E-state index is -1.36. The van der Waals surface area contributed by atoms with Gasteiger partial charge in [0, 0.05) is 34.3 Å².